The summed E-state index contributed by atoms with van der Waals surface area (Å²) < 4.78 is 0. The molecule has 0 amide bonds. The molecule has 0 bridgehead atoms. The summed E-state index contributed by atoms with van der Waals surface area (Å²) in [5, 5.41) is 9.69. The zero-order valence-corrected chi connectivity index (χ0v) is 12.7. The van der Waals surface area contributed by atoms with Gasteiger partial charge < -0.3 is 5.11 Å². The molecule has 0 unspecified atom stereocenters. The first kappa shape index (κ1) is 14.9. The molecule has 0 fully saturated rings. The number of aliphatic carboxylic acids is 1. The van der Waals surface area contributed by atoms with Gasteiger partial charge in [0.2, 0.25) is 0 Å². The van der Waals surface area contributed by atoms with Crippen LogP contribution in [0.15, 0.2) is 52.3 Å². The number of hydrogen-bond donors (Lipinski definition) is 1. The largest absolute Gasteiger partial charge is 0.481 e. The fraction of sp³-hybridized carbons (Fsp3) is 0.188. The topological polar surface area (TPSA) is 37.3 Å². The van der Waals surface area contributed by atoms with Gasteiger partial charge in [0.25, 0.3) is 0 Å². The quantitative estimate of drug-likeness (QED) is 0.871. The molecule has 0 aliphatic carbocycles. The van der Waals surface area contributed by atoms with Crippen LogP contribution in [0.25, 0.3) is 0 Å². The fourth-order valence-electron chi connectivity index (χ4n) is 1.98. The number of carboxylic acids is 1. The maximum Gasteiger partial charge on any atom is 0.307 e. The van der Waals surface area contributed by atoms with E-state index in [2.05, 4.69) is 0 Å². The Balaban J connectivity index is 2.23. The number of halogens is 1. The van der Waals surface area contributed by atoms with Crippen LogP contribution in [0.2, 0.25) is 5.02 Å². The fourth-order valence-corrected chi connectivity index (χ4v) is 2.98. The molecule has 2 rings (SSSR count). The highest BCUT2D eigenvalue weighted by molar-refractivity contribution is 7.99. The molecule has 2 aromatic rings. The number of aryl methyl sites for hydroxylation is 1. The zero-order chi connectivity index (χ0) is 14.5. The van der Waals surface area contributed by atoms with Crippen molar-refractivity contribution in [1.29, 1.82) is 0 Å². The van der Waals surface area contributed by atoms with E-state index in [0.29, 0.717) is 5.02 Å². The Labute approximate surface area is 127 Å². The minimum Gasteiger partial charge on any atom is -0.481 e. The summed E-state index contributed by atoms with van der Waals surface area (Å²) in [6.45, 7) is 2.03. The smallest absolute Gasteiger partial charge is 0.307 e. The van der Waals surface area contributed by atoms with E-state index in [0.717, 1.165) is 27.3 Å². The van der Waals surface area contributed by atoms with Crippen LogP contribution in [-0.4, -0.2) is 11.1 Å². The summed E-state index contributed by atoms with van der Waals surface area (Å²) in [7, 11) is 0. The molecule has 0 aliphatic rings. The lowest BCUT2D eigenvalue weighted by Gasteiger charge is -2.09. The van der Waals surface area contributed by atoms with E-state index in [4.69, 9.17) is 16.7 Å². The lowest BCUT2D eigenvalue weighted by Crippen LogP contribution is -2.03. The van der Waals surface area contributed by atoms with Crippen molar-refractivity contribution in [3.63, 3.8) is 0 Å². The molecule has 20 heavy (non-hydrogen) atoms. The Morgan fingerprint density at radius 3 is 2.35 bits per heavy atom. The lowest BCUT2D eigenvalue weighted by molar-refractivity contribution is -0.136. The zero-order valence-electron chi connectivity index (χ0n) is 11.1. The second-order valence-electron chi connectivity index (χ2n) is 4.41. The van der Waals surface area contributed by atoms with Crippen molar-refractivity contribution >= 4 is 29.3 Å². The third-order valence-electron chi connectivity index (χ3n) is 2.95. The van der Waals surface area contributed by atoms with Gasteiger partial charge in [-0.15, -0.1) is 0 Å². The molecule has 0 aromatic heterocycles. The van der Waals surface area contributed by atoms with Crippen molar-refractivity contribution in [3.05, 3.63) is 58.6 Å². The second-order valence-corrected chi connectivity index (χ2v) is 5.99. The molecule has 0 saturated heterocycles. The van der Waals surface area contributed by atoms with E-state index in [1.54, 1.807) is 11.8 Å². The first-order valence-electron chi connectivity index (χ1n) is 6.35. The predicted octanol–water partition coefficient (Wildman–Crippen LogP) is 4.68. The first-order chi connectivity index (χ1) is 9.58. The van der Waals surface area contributed by atoms with Crippen LogP contribution in [0.5, 0.6) is 0 Å². The maximum absolute atomic E-state index is 10.9. The standard InChI is InChI=1S/C16H15ClO2S/c1-2-11-3-6-15(9-12(11)10-16(18)19)20-14-7-4-13(17)5-8-14/h3-9H,2,10H2,1H3,(H,18,19). The summed E-state index contributed by atoms with van der Waals surface area (Å²) in [6, 6.07) is 13.6. The summed E-state index contributed by atoms with van der Waals surface area (Å²) >= 11 is 7.47. The summed E-state index contributed by atoms with van der Waals surface area (Å²) in [5.74, 6) is -0.798. The molecule has 0 heterocycles. The van der Waals surface area contributed by atoms with Crippen LogP contribution in [0.3, 0.4) is 0 Å². The van der Waals surface area contributed by atoms with E-state index in [1.807, 2.05) is 49.4 Å². The monoisotopic (exact) mass is 306 g/mol. The van der Waals surface area contributed by atoms with Gasteiger partial charge >= 0.3 is 5.97 Å². The summed E-state index contributed by atoms with van der Waals surface area (Å²) in [4.78, 5) is 13.0. The van der Waals surface area contributed by atoms with Gasteiger partial charge in [0, 0.05) is 14.8 Å². The normalized spacial score (nSPS) is 10.5. The van der Waals surface area contributed by atoms with Crippen molar-refractivity contribution in [3.8, 4) is 0 Å². The molecular formula is C16H15ClO2S. The van der Waals surface area contributed by atoms with E-state index >= 15 is 0 Å². The maximum atomic E-state index is 10.9. The van der Waals surface area contributed by atoms with Crippen molar-refractivity contribution in [2.24, 2.45) is 0 Å². The molecule has 0 aliphatic heterocycles. The Bertz CT molecular complexity index is 608. The highest BCUT2D eigenvalue weighted by Crippen LogP contribution is 2.30. The van der Waals surface area contributed by atoms with E-state index in [1.165, 1.54) is 0 Å². The number of hydrogen-bond acceptors (Lipinski definition) is 2. The number of rotatable bonds is 5. The highest BCUT2D eigenvalue weighted by Gasteiger charge is 2.08. The summed E-state index contributed by atoms with van der Waals surface area (Å²) in [5.41, 5.74) is 1.98. The first-order valence-corrected chi connectivity index (χ1v) is 7.55. The third kappa shape index (κ3) is 4.02. The molecule has 4 heteroatoms. The molecule has 104 valence electrons. The average molecular weight is 307 g/mol. The predicted molar refractivity (Wildman–Crippen MR) is 82.7 cm³/mol. The molecule has 0 radical (unpaired) electrons. The molecule has 2 nitrogen and oxygen atoms in total. The number of carbonyl (C=O) groups is 1. The van der Waals surface area contributed by atoms with Crippen LogP contribution in [0.4, 0.5) is 0 Å². The third-order valence-corrected chi connectivity index (χ3v) is 4.20. The Morgan fingerprint density at radius 1 is 1.10 bits per heavy atom. The Kier molecular flexibility index (Phi) is 5.10. The number of carboxylic acid groups (broad SMARTS) is 1. The van der Waals surface area contributed by atoms with Crippen molar-refractivity contribution < 1.29 is 9.90 Å². The van der Waals surface area contributed by atoms with Gasteiger partial charge in [-0.05, 0) is 53.9 Å². The van der Waals surface area contributed by atoms with E-state index in [-0.39, 0.29) is 6.42 Å². The molecule has 1 N–H and O–H groups in total. The van der Waals surface area contributed by atoms with E-state index in [9.17, 15) is 4.79 Å². The minimum absolute atomic E-state index is 0.0676. The van der Waals surface area contributed by atoms with Gasteiger partial charge in [0.15, 0.2) is 0 Å². The van der Waals surface area contributed by atoms with Crippen LogP contribution < -0.4 is 0 Å². The van der Waals surface area contributed by atoms with Crippen LogP contribution in [0, 0.1) is 0 Å². The molecular weight excluding hydrogens is 292 g/mol. The molecule has 2 aromatic carbocycles. The summed E-state index contributed by atoms with van der Waals surface area (Å²) in [6.07, 6.45) is 0.909. The van der Waals surface area contributed by atoms with Gasteiger partial charge in [0.05, 0.1) is 6.42 Å². The Hall–Kier alpha value is -1.45. The van der Waals surface area contributed by atoms with Gasteiger partial charge in [-0.1, -0.05) is 36.4 Å². The second kappa shape index (κ2) is 6.82. The van der Waals surface area contributed by atoms with Gasteiger partial charge in [-0.3, -0.25) is 4.79 Å². The average Bonchev–Trinajstić information content (AvgIpc) is 2.41. The number of benzene rings is 2. The van der Waals surface area contributed by atoms with Crippen LogP contribution >= 0.6 is 23.4 Å². The van der Waals surface area contributed by atoms with Crippen LogP contribution in [0.1, 0.15) is 18.1 Å². The van der Waals surface area contributed by atoms with Crippen molar-refractivity contribution in [2.75, 3.05) is 0 Å². The van der Waals surface area contributed by atoms with Gasteiger partial charge in [0.1, 0.15) is 0 Å². The van der Waals surface area contributed by atoms with Gasteiger partial charge in [-0.25, -0.2) is 0 Å². The molecule has 0 atom stereocenters. The van der Waals surface area contributed by atoms with E-state index < -0.39 is 5.97 Å². The minimum atomic E-state index is -0.798. The SMILES string of the molecule is CCc1ccc(Sc2ccc(Cl)cc2)cc1CC(=O)O. The molecule has 0 spiro atoms. The van der Waals surface area contributed by atoms with Crippen molar-refractivity contribution in [1.82, 2.24) is 0 Å². The Morgan fingerprint density at radius 2 is 1.75 bits per heavy atom. The van der Waals surface area contributed by atoms with Gasteiger partial charge in [-0.2, -0.15) is 0 Å². The van der Waals surface area contributed by atoms with Crippen molar-refractivity contribution in [2.45, 2.75) is 29.6 Å². The lowest BCUT2D eigenvalue weighted by atomic mass is 10.0. The van der Waals surface area contributed by atoms with Crippen LogP contribution in [-0.2, 0) is 17.6 Å². The highest BCUT2D eigenvalue weighted by atomic mass is 35.5. The molecule has 0 saturated carbocycles.